The molecule has 3 nitrogen and oxygen atoms in total. The van der Waals surface area contributed by atoms with E-state index in [-0.39, 0.29) is 5.91 Å². The first-order valence-electron chi connectivity index (χ1n) is 7.31. The third-order valence-electron chi connectivity index (χ3n) is 5.21. The summed E-state index contributed by atoms with van der Waals surface area (Å²) in [7, 11) is 0. The molecule has 0 spiro atoms. The zero-order valence-corrected chi connectivity index (χ0v) is 12.0. The number of aromatic nitrogens is 1. The van der Waals surface area contributed by atoms with Gasteiger partial charge in [-0.3, -0.25) is 4.79 Å². The molecular weight excluding hydrogens is 272 g/mol. The van der Waals surface area contributed by atoms with Gasteiger partial charge in [0.2, 0.25) is 0 Å². The van der Waals surface area contributed by atoms with Crippen molar-refractivity contribution in [2.75, 3.05) is 13.1 Å². The number of pyridine rings is 1. The molecule has 4 heteroatoms. The number of allylic oxidation sites excluding steroid dienone is 2. The van der Waals surface area contributed by atoms with E-state index in [0.717, 1.165) is 13.1 Å². The Morgan fingerprint density at radius 1 is 1.20 bits per heavy atom. The van der Waals surface area contributed by atoms with Gasteiger partial charge in [0.05, 0.1) is 0 Å². The van der Waals surface area contributed by atoms with E-state index in [1.54, 1.807) is 18.3 Å². The quantitative estimate of drug-likeness (QED) is 0.588. The van der Waals surface area contributed by atoms with Crippen molar-refractivity contribution in [3.8, 4) is 0 Å². The molecule has 1 aromatic heterocycles. The summed E-state index contributed by atoms with van der Waals surface area (Å²) in [5.74, 6) is 2.80. The molecule has 4 aliphatic rings. The third-order valence-corrected chi connectivity index (χ3v) is 5.42. The van der Waals surface area contributed by atoms with E-state index in [1.807, 2.05) is 4.90 Å². The van der Waals surface area contributed by atoms with Crippen molar-refractivity contribution >= 4 is 17.5 Å². The van der Waals surface area contributed by atoms with Crippen molar-refractivity contribution < 1.29 is 4.79 Å². The summed E-state index contributed by atoms with van der Waals surface area (Å²) >= 11 is 5.88. The Balaban J connectivity index is 1.56. The number of hydrogen-bond donors (Lipinski definition) is 0. The standard InChI is InChI=1S/C16H17ClN2O/c17-15-7-12(5-6-18-15)16(20)19-8-13-10-1-2-11(4-3-10)14(13)9-19/h1-2,5-7,10-11,13-14H,3-4,8-9H2. The lowest BCUT2D eigenvalue weighted by Gasteiger charge is -2.40. The highest BCUT2D eigenvalue weighted by atomic mass is 35.5. The van der Waals surface area contributed by atoms with Crippen LogP contribution in [0.2, 0.25) is 5.15 Å². The van der Waals surface area contributed by atoms with Crippen LogP contribution in [-0.2, 0) is 0 Å². The molecule has 2 heterocycles. The van der Waals surface area contributed by atoms with E-state index < -0.39 is 0 Å². The Labute approximate surface area is 123 Å². The first-order chi connectivity index (χ1) is 9.72. The second-order valence-corrected chi connectivity index (χ2v) is 6.58. The maximum Gasteiger partial charge on any atom is 0.254 e. The summed E-state index contributed by atoms with van der Waals surface area (Å²) in [6.45, 7) is 1.80. The van der Waals surface area contributed by atoms with E-state index >= 15 is 0 Å². The number of hydrogen-bond acceptors (Lipinski definition) is 2. The molecule has 1 aromatic rings. The van der Waals surface area contributed by atoms with Gasteiger partial charge in [0.25, 0.3) is 5.91 Å². The van der Waals surface area contributed by atoms with Crippen molar-refractivity contribution in [3.63, 3.8) is 0 Å². The van der Waals surface area contributed by atoms with Crippen molar-refractivity contribution in [1.29, 1.82) is 0 Å². The van der Waals surface area contributed by atoms with Gasteiger partial charge in [-0.1, -0.05) is 23.8 Å². The highest BCUT2D eigenvalue weighted by molar-refractivity contribution is 6.29. The molecule has 4 atom stereocenters. The Bertz CT molecular complexity index is 564. The van der Waals surface area contributed by atoms with Crippen LogP contribution in [0.4, 0.5) is 0 Å². The van der Waals surface area contributed by atoms with Crippen LogP contribution in [0.25, 0.3) is 0 Å². The molecule has 104 valence electrons. The zero-order valence-electron chi connectivity index (χ0n) is 11.2. The van der Waals surface area contributed by atoms with Gasteiger partial charge >= 0.3 is 0 Å². The number of halogens is 1. The number of likely N-dealkylation sites (tertiary alicyclic amines) is 1. The molecular formula is C16H17ClN2O. The van der Waals surface area contributed by atoms with Crippen LogP contribution in [0, 0.1) is 23.7 Å². The zero-order chi connectivity index (χ0) is 13.7. The van der Waals surface area contributed by atoms with Crippen molar-refractivity contribution in [2.24, 2.45) is 23.7 Å². The maximum atomic E-state index is 12.6. The maximum absolute atomic E-state index is 12.6. The molecule has 1 saturated carbocycles. The fourth-order valence-corrected chi connectivity index (χ4v) is 4.39. The SMILES string of the molecule is O=C(c1ccnc(Cl)c1)N1CC2C3C=CC(CC3)C2C1. The summed E-state index contributed by atoms with van der Waals surface area (Å²) in [5.41, 5.74) is 0.656. The van der Waals surface area contributed by atoms with Gasteiger partial charge in [0, 0.05) is 24.8 Å². The van der Waals surface area contributed by atoms with Gasteiger partial charge in [0.1, 0.15) is 5.15 Å². The number of nitrogens with zero attached hydrogens (tertiary/aromatic N) is 2. The molecule has 20 heavy (non-hydrogen) atoms. The second kappa shape index (κ2) is 4.59. The highest BCUT2D eigenvalue weighted by Crippen LogP contribution is 2.48. The van der Waals surface area contributed by atoms with Gasteiger partial charge in [-0.25, -0.2) is 4.98 Å². The lowest BCUT2D eigenvalue weighted by molar-refractivity contribution is 0.0782. The number of fused-ring (bicyclic) bond motifs is 1. The Hall–Kier alpha value is -1.35. The monoisotopic (exact) mass is 288 g/mol. The molecule has 1 saturated heterocycles. The third kappa shape index (κ3) is 1.87. The van der Waals surface area contributed by atoms with Crippen molar-refractivity contribution in [2.45, 2.75) is 12.8 Å². The van der Waals surface area contributed by atoms with E-state index in [9.17, 15) is 4.79 Å². The Kier molecular flexibility index (Phi) is 2.84. The van der Waals surface area contributed by atoms with Crippen LogP contribution in [0.3, 0.4) is 0 Å². The topological polar surface area (TPSA) is 33.2 Å². The predicted octanol–water partition coefficient (Wildman–Crippen LogP) is 3.02. The van der Waals surface area contributed by atoms with E-state index in [2.05, 4.69) is 17.1 Å². The molecule has 2 fully saturated rings. The van der Waals surface area contributed by atoms with Crippen molar-refractivity contribution in [3.05, 3.63) is 41.2 Å². The molecule has 0 N–H and O–H groups in total. The van der Waals surface area contributed by atoms with Crippen molar-refractivity contribution in [1.82, 2.24) is 9.88 Å². The van der Waals surface area contributed by atoms with Crippen LogP contribution in [0.5, 0.6) is 0 Å². The van der Waals surface area contributed by atoms with Crippen LogP contribution >= 0.6 is 11.6 Å². The average Bonchev–Trinajstić information content (AvgIpc) is 2.95. The number of amides is 1. The minimum absolute atomic E-state index is 0.100. The Morgan fingerprint density at radius 3 is 2.40 bits per heavy atom. The van der Waals surface area contributed by atoms with Gasteiger partial charge < -0.3 is 4.90 Å². The molecule has 0 aromatic carbocycles. The average molecular weight is 289 g/mol. The normalized spacial score (nSPS) is 34.4. The summed E-state index contributed by atoms with van der Waals surface area (Å²) in [6.07, 6.45) is 8.96. The summed E-state index contributed by atoms with van der Waals surface area (Å²) in [5, 5.41) is 0.384. The van der Waals surface area contributed by atoms with Gasteiger partial charge in [-0.15, -0.1) is 0 Å². The summed E-state index contributed by atoms with van der Waals surface area (Å²) < 4.78 is 0. The largest absolute Gasteiger partial charge is 0.338 e. The van der Waals surface area contributed by atoms with Gasteiger partial charge in [-0.2, -0.15) is 0 Å². The minimum atomic E-state index is 0.100. The minimum Gasteiger partial charge on any atom is -0.338 e. The van der Waals surface area contributed by atoms with Crippen LogP contribution in [0.1, 0.15) is 23.2 Å². The molecule has 4 unspecified atom stereocenters. The van der Waals surface area contributed by atoms with Crippen LogP contribution < -0.4 is 0 Å². The van der Waals surface area contributed by atoms with Gasteiger partial charge in [-0.05, 0) is 48.6 Å². The molecule has 0 radical (unpaired) electrons. The number of rotatable bonds is 1. The summed E-state index contributed by atoms with van der Waals surface area (Å²) in [6, 6.07) is 3.42. The number of carbonyl (C=O) groups is 1. The predicted molar refractivity (Wildman–Crippen MR) is 77.5 cm³/mol. The number of carbonyl (C=O) groups excluding carboxylic acids is 1. The fourth-order valence-electron chi connectivity index (χ4n) is 4.22. The second-order valence-electron chi connectivity index (χ2n) is 6.20. The Morgan fingerprint density at radius 2 is 1.85 bits per heavy atom. The molecule has 2 bridgehead atoms. The highest BCUT2D eigenvalue weighted by Gasteiger charge is 2.46. The lowest BCUT2D eigenvalue weighted by atomic mass is 9.64. The van der Waals surface area contributed by atoms with Gasteiger partial charge in [0.15, 0.2) is 0 Å². The van der Waals surface area contributed by atoms with E-state index in [0.29, 0.717) is 34.4 Å². The first kappa shape index (κ1) is 12.4. The molecule has 1 amide bonds. The van der Waals surface area contributed by atoms with E-state index in [4.69, 9.17) is 11.6 Å². The summed E-state index contributed by atoms with van der Waals surface area (Å²) in [4.78, 5) is 18.5. The van der Waals surface area contributed by atoms with Crippen LogP contribution in [-0.4, -0.2) is 28.9 Å². The lowest BCUT2D eigenvalue weighted by Crippen LogP contribution is -2.35. The smallest absolute Gasteiger partial charge is 0.254 e. The molecule has 3 aliphatic carbocycles. The first-order valence-corrected chi connectivity index (χ1v) is 7.69. The van der Waals surface area contributed by atoms with Crippen LogP contribution in [0.15, 0.2) is 30.5 Å². The molecule has 1 aliphatic heterocycles. The van der Waals surface area contributed by atoms with E-state index in [1.165, 1.54) is 12.8 Å². The fraction of sp³-hybridized carbons (Fsp3) is 0.500. The molecule has 5 rings (SSSR count).